The Kier molecular flexibility index (Phi) is 18.7. The summed E-state index contributed by atoms with van der Waals surface area (Å²) in [5.41, 5.74) is 0. The second-order valence-corrected chi connectivity index (χ2v) is 6.49. The summed E-state index contributed by atoms with van der Waals surface area (Å²) in [6.45, 7) is 3.59. The van der Waals surface area contributed by atoms with Crippen molar-refractivity contribution >= 4 is 11.8 Å². The Morgan fingerprint density at radius 2 is 1.36 bits per heavy atom. The van der Waals surface area contributed by atoms with E-state index in [0.29, 0.717) is 39.1 Å². The van der Waals surface area contributed by atoms with Gasteiger partial charge in [-0.2, -0.15) is 0 Å². The summed E-state index contributed by atoms with van der Waals surface area (Å²) in [6.07, 6.45) is 12.8. The highest BCUT2D eigenvalue weighted by Gasteiger charge is 2.03. The summed E-state index contributed by atoms with van der Waals surface area (Å²) in [4.78, 5) is 22.8. The molecule has 0 bridgehead atoms. The molecule has 0 atom stereocenters. The molecule has 0 aliphatic heterocycles. The topological polar surface area (TPSA) is 61.8 Å². The Bertz CT molecular complexity index is 317. The number of carbonyl (C=O) groups excluding carboxylic acids is 2. The largest absolute Gasteiger partial charge is 0.463 e. The fourth-order valence-electron chi connectivity index (χ4n) is 2.57. The SMILES string of the molecule is CCCCCCCCCCCC(=O)OCCOCCCC(=O)COC. The van der Waals surface area contributed by atoms with E-state index in [1.54, 1.807) is 0 Å². The predicted molar refractivity (Wildman–Crippen MR) is 99.7 cm³/mol. The molecule has 0 spiro atoms. The number of hydrogen-bond donors (Lipinski definition) is 0. The molecule has 0 fully saturated rings. The lowest BCUT2D eigenvalue weighted by Crippen LogP contribution is -2.12. The fraction of sp³-hybridized carbons (Fsp3) is 0.900. The molecule has 0 saturated heterocycles. The lowest BCUT2D eigenvalue weighted by Gasteiger charge is -2.06. The van der Waals surface area contributed by atoms with Crippen LogP contribution in [0.25, 0.3) is 0 Å². The van der Waals surface area contributed by atoms with Crippen LogP contribution in [0.5, 0.6) is 0 Å². The molecule has 0 aromatic carbocycles. The summed E-state index contributed by atoms with van der Waals surface area (Å²) in [6, 6.07) is 0. The molecule has 0 saturated carbocycles. The molecule has 0 N–H and O–H groups in total. The van der Waals surface area contributed by atoms with E-state index in [1.807, 2.05) is 0 Å². The molecule has 0 aromatic rings. The average Bonchev–Trinajstić information content (AvgIpc) is 2.59. The number of methoxy groups -OCH3 is 1. The van der Waals surface area contributed by atoms with Gasteiger partial charge < -0.3 is 14.2 Å². The maximum absolute atomic E-state index is 11.6. The van der Waals surface area contributed by atoms with Crippen LogP contribution in [0.4, 0.5) is 0 Å². The molecule has 0 unspecified atom stereocenters. The Hall–Kier alpha value is -0.940. The molecule has 0 rings (SSSR count). The monoisotopic (exact) mass is 358 g/mol. The smallest absolute Gasteiger partial charge is 0.305 e. The van der Waals surface area contributed by atoms with Crippen molar-refractivity contribution in [2.24, 2.45) is 0 Å². The first-order chi connectivity index (χ1) is 12.2. The van der Waals surface area contributed by atoms with Crippen LogP contribution in [0.2, 0.25) is 0 Å². The number of carbonyl (C=O) groups is 2. The van der Waals surface area contributed by atoms with Crippen LogP contribution < -0.4 is 0 Å². The second kappa shape index (κ2) is 19.4. The van der Waals surface area contributed by atoms with Gasteiger partial charge >= 0.3 is 5.97 Å². The number of ether oxygens (including phenoxy) is 3. The molecular weight excluding hydrogens is 320 g/mol. The van der Waals surface area contributed by atoms with Crippen LogP contribution in [0.1, 0.15) is 84.0 Å². The summed E-state index contributed by atoms with van der Waals surface area (Å²) in [5.74, 6) is -0.0553. The summed E-state index contributed by atoms with van der Waals surface area (Å²) >= 11 is 0. The molecular formula is C20H38O5. The van der Waals surface area contributed by atoms with E-state index in [0.717, 1.165) is 12.8 Å². The highest BCUT2D eigenvalue weighted by atomic mass is 16.6. The molecule has 5 heteroatoms. The van der Waals surface area contributed by atoms with Crippen LogP contribution in [-0.2, 0) is 23.8 Å². The van der Waals surface area contributed by atoms with E-state index in [-0.39, 0.29) is 18.4 Å². The maximum atomic E-state index is 11.6. The van der Waals surface area contributed by atoms with Gasteiger partial charge in [0.05, 0.1) is 6.61 Å². The number of esters is 1. The van der Waals surface area contributed by atoms with Crippen molar-refractivity contribution in [2.75, 3.05) is 33.5 Å². The molecule has 0 amide bonds. The van der Waals surface area contributed by atoms with Gasteiger partial charge in [0.1, 0.15) is 13.2 Å². The summed E-state index contributed by atoms with van der Waals surface area (Å²) in [5, 5.41) is 0. The zero-order valence-electron chi connectivity index (χ0n) is 16.4. The van der Waals surface area contributed by atoms with Gasteiger partial charge in [0.25, 0.3) is 0 Å². The van der Waals surface area contributed by atoms with E-state index in [9.17, 15) is 9.59 Å². The van der Waals surface area contributed by atoms with E-state index in [1.165, 1.54) is 52.1 Å². The van der Waals surface area contributed by atoms with Gasteiger partial charge in [-0.3, -0.25) is 9.59 Å². The van der Waals surface area contributed by atoms with Crippen LogP contribution >= 0.6 is 0 Å². The van der Waals surface area contributed by atoms with Crippen molar-refractivity contribution in [1.29, 1.82) is 0 Å². The quantitative estimate of drug-likeness (QED) is 0.252. The Morgan fingerprint density at radius 3 is 2.00 bits per heavy atom. The van der Waals surface area contributed by atoms with Crippen molar-refractivity contribution in [3.05, 3.63) is 0 Å². The van der Waals surface area contributed by atoms with Gasteiger partial charge in [0.2, 0.25) is 0 Å². The van der Waals surface area contributed by atoms with Gasteiger partial charge in [-0.15, -0.1) is 0 Å². The van der Waals surface area contributed by atoms with Crippen LogP contribution in [0.15, 0.2) is 0 Å². The van der Waals surface area contributed by atoms with Crippen molar-refractivity contribution in [1.82, 2.24) is 0 Å². The third-order valence-corrected chi connectivity index (χ3v) is 4.02. The molecule has 148 valence electrons. The number of unbranched alkanes of at least 4 members (excludes halogenated alkanes) is 8. The minimum atomic E-state index is -0.137. The summed E-state index contributed by atoms with van der Waals surface area (Å²) < 4.78 is 15.2. The first-order valence-electron chi connectivity index (χ1n) is 9.94. The van der Waals surface area contributed by atoms with Gasteiger partial charge in [-0.05, 0) is 12.8 Å². The molecule has 0 heterocycles. The third-order valence-electron chi connectivity index (χ3n) is 4.02. The number of hydrogen-bond acceptors (Lipinski definition) is 5. The minimum Gasteiger partial charge on any atom is -0.463 e. The van der Waals surface area contributed by atoms with Crippen LogP contribution in [-0.4, -0.2) is 45.3 Å². The average molecular weight is 359 g/mol. The predicted octanol–water partition coefficient (Wildman–Crippen LogP) is 4.46. The van der Waals surface area contributed by atoms with Crippen molar-refractivity contribution in [2.45, 2.75) is 84.0 Å². The minimum absolute atomic E-state index is 0.0819. The normalized spacial score (nSPS) is 10.8. The molecule has 5 nitrogen and oxygen atoms in total. The Labute approximate surface area is 153 Å². The standard InChI is InChI=1S/C20H38O5/c1-3-4-5-6-7-8-9-10-11-14-20(22)25-17-16-24-15-12-13-19(21)18-23-2/h3-18H2,1-2H3. The second-order valence-electron chi connectivity index (χ2n) is 6.49. The molecule has 0 aliphatic rings. The summed E-state index contributed by atoms with van der Waals surface area (Å²) in [7, 11) is 1.51. The van der Waals surface area contributed by atoms with E-state index >= 15 is 0 Å². The fourth-order valence-corrected chi connectivity index (χ4v) is 2.57. The molecule has 0 aromatic heterocycles. The third kappa shape index (κ3) is 19.2. The zero-order valence-corrected chi connectivity index (χ0v) is 16.4. The molecule has 0 aliphatic carbocycles. The van der Waals surface area contributed by atoms with Crippen molar-refractivity contribution in [3.63, 3.8) is 0 Å². The highest BCUT2D eigenvalue weighted by Crippen LogP contribution is 2.10. The first-order valence-corrected chi connectivity index (χ1v) is 9.94. The van der Waals surface area contributed by atoms with Gasteiger partial charge in [-0.25, -0.2) is 0 Å². The number of ketones is 1. The van der Waals surface area contributed by atoms with E-state index < -0.39 is 0 Å². The highest BCUT2D eigenvalue weighted by molar-refractivity contribution is 5.79. The lowest BCUT2D eigenvalue weighted by atomic mass is 10.1. The molecule has 25 heavy (non-hydrogen) atoms. The van der Waals surface area contributed by atoms with Gasteiger partial charge in [0, 0.05) is 26.6 Å². The maximum Gasteiger partial charge on any atom is 0.305 e. The Balaban J connectivity index is 3.22. The zero-order chi connectivity index (χ0) is 18.6. The first kappa shape index (κ1) is 24.1. The van der Waals surface area contributed by atoms with Gasteiger partial charge in [0.15, 0.2) is 5.78 Å². The Morgan fingerprint density at radius 1 is 0.720 bits per heavy atom. The number of Topliss-reactive ketones (excluding diaryl/α,β-unsaturated/α-hetero) is 1. The van der Waals surface area contributed by atoms with Crippen molar-refractivity contribution < 1.29 is 23.8 Å². The van der Waals surface area contributed by atoms with Crippen LogP contribution in [0, 0.1) is 0 Å². The van der Waals surface area contributed by atoms with Crippen LogP contribution in [0.3, 0.4) is 0 Å². The molecule has 0 radical (unpaired) electrons. The van der Waals surface area contributed by atoms with E-state index in [4.69, 9.17) is 14.2 Å². The van der Waals surface area contributed by atoms with Gasteiger partial charge in [-0.1, -0.05) is 58.3 Å². The van der Waals surface area contributed by atoms with E-state index in [2.05, 4.69) is 6.92 Å². The lowest BCUT2D eigenvalue weighted by molar-refractivity contribution is -0.145. The van der Waals surface area contributed by atoms with Crippen molar-refractivity contribution in [3.8, 4) is 0 Å². The number of rotatable bonds is 19.